The van der Waals surface area contributed by atoms with Crippen LogP contribution in [0.2, 0.25) is 0 Å². The summed E-state index contributed by atoms with van der Waals surface area (Å²) in [6.45, 7) is 4.44. The van der Waals surface area contributed by atoms with Gasteiger partial charge < -0.3 is 15.5 Å². The molecular weight excluding hydrogens is 281 g/mol. The molecule has 4 nitrogen and oxygen atoms in total. The van der Waals surface area contributed by atoms with Gasteiger partial charge in [0.25, 0.3) is 0 Å². The van der Waals surface area contributed by atoms with E-state index in [1.807, 2.05) is 4.90 Å². The lowest BCUT2D eigenvalue weighted by atomic mass is 9.80. The standard InChI is InChI=1S/C17H24FN3O/c18-15-4-2-14(3-5-15)6-10-20-16(22)21-11-8-17(13-21)7-1-9-19-12-17/h2-5,19H,1,6-13H2,(H,20,22). The zero-order valence-corrected chi connectivity index (χ0v) is 12.9. The molecule has 0 radical (unpaired) electrons. The van der Waals surface area contributed by atoms with Crippen molar-refractivity contribution < 1.29 is 9.18 Å². The van der Waals surface area contributed by atoms with Gasteiger partial charge in [0.05, 0.1) is 0 Å². The Bertz CT molecular complexity index is 511. The van der Waals surface area contributed by atoms with Gasteiger partial charge in [-0.1, -0.05) is 12.1 Å². The minimum Gasteiger partial charge on any atom is -0.338 e. The number of piperidine rings is 1. The second-order valence-electron chi connectivity index (χ2n) is 6.56. The SMILES string of the molecule is O=C(NCCc1ccc(F)cc1)N1CCC2(CCCNC2)C1. The number of amides is 2. The molecule has 22 heavy (non-hydrogen) atoms. The smallest absolute Gasteiger partial charge is 0.317 e. The van der Waals surface area contributed by atoms with Crippen molar-refractivity contribution in [3.05, 3.63) is 35.6 Å². The summed E-state index contributed by atoms with van der Waals surface area (Å²) in [6.07, 6.45) is 4.26. The van der Waals surface area contributed by atoms with Gasteiger partial charge in [0, 0.05) is 31.6 Å². The van der Waals surface area contributed by atoms with Gasteiger partial charge in [-0.2, -0.15) is 0 Å². The predicted octanol–water partition coefficient (Wildman–Crippen LogP) is 2.15. The van der Waals surface area contributed by atoms with E-state index in [4.69, 9.17) is 0 Å². The van der Waals surface area contributed by atoms with Gasteiger partial charge >= 0.3 is 6.03 Å². The first-order chi connectivity index (χ1) is 10.7. The first-order valence-corrected chi connectivity index (χ1v) is 8.15. The van der Waals surface area contributed by atoms with Gasteiger partial charge in [0.2, 0.25) is 0 Å². The average molecular weight is 305 g/mol. The number of hydrogen-bond acceptors (Lipinski definition) is 2. The second-order valence-corrected chi connectivity index (χ2v) is 6.56. The zero-order chi connectivity index (χ0) is 15.4. The molecule has 0 bridgehead atoms. The lowest BCUT2D eigenvalue weighted by molar-refractivity contribution is 0.186. The van der Waals surface area contributed by atoms with Crippen LogP contribution >= 0.6 is 0 Å². The summed E-state index contributed by atoms with van der Waals surface area (Å²) in [4.78, 5) is 14.2. The van der Waals surface area contributed by atoms with Crippen molar-refractivity contribution in [2.45, 2.75) is 25.7 Å². The number of urea groups is 1. The van der Waals surface area contributed by atoms with Crippen molar-refractivity contribution in [3.8, 4) is 0 Å². The van der Waals surface area contributed by atoms with Gasteiger partial charge in [-0.15, -0.1) is 0 Å². The maximum absolute atomic E-state index is 12.8. The predicted molar refractivity (Wildman–Crippen MR) is 84.2 cm³/mol. The molecule has 2 N–H and O–H groups in total. The molecule has 2 amide bonds. The first kappa shape index (κ1) is 15.3. The van der Waals surface area contributed by atoms with E-state index in [-0.39, 0.29) is 11.8 Å². The largest absolute Gasteiger partial charge is 0.338 e. The van der Waals surface area contributed by atoms with Crippen LogP contribution in [0.15, 0.2) is 24.3 Å². The molecule has 2 aliphatic rings. The molecule has 0 saturated carbocycles. The molecule has 2 aliphatic heterocycles. The number of halogens is 1. The zero-order valence-electron chi connectivity index (χ0n) is 12.9. The number of carbonyl (C=O) groups is 1. The van der Waals surface area contributed by atoms with Crippen LogP contribution in [0.3, 0.4) is 0 Å². The molecule has 1 aromatic rings. The van der Waals surface area contributed by atoms with E-state index < -0.39 is 0 Å². The molecule has 2 fully saturated rings. The van der Waals surface area contributed by atoms with Gasteiger partial charge in [0.15, 0.2) is 0 Å². The quantitative estimate of drug-likeness (QED) is 0.899. The lowest BCUT2D eigenvalue weighted by Gasteiger charge is -2.33. The lowest BCUT2D eigenvalue weighted by Crippen LogP contribution is -2.45. The van der Waals surface area contributed by atoms with E-state index >= 15 is 0 Å². The number of carbonyl (C=O) groups excluding carboxylic acids is 1. The molecule has 2 saturated heterocycles. The van der Waals surface area contributed by atoms with Gasteiger partial charge in [-0.25, -0.2) is 9.18 Å². The van der Waals surface area contributed by atoms with Gasteiger partial charge in [-0.3, -0.25) is 0 Å². The molecule has 0 aromatic heterocycles. The van der Waals surface area contributed by atoms with Crippen molar-refractivity contribution in [1.29, 1.82) is 0 Å². The van der Waals surface area contributed by atoms with Crippen LogP contribution in [-0.4, -0.2) is 43.7 Å². The highest BCUT2D eigenvalue weighted by Crippen LogP contribution is 2.36. The van der Waals surface area contributed by atoms with Crippen molar-refractivity contribution in [2.75, 3.05) is 32.7 Å². The highest BCUT2D eigenvalue weighted by atomic mass is 19.1. The fourth-order valence-electron chi connectivity index (χ4n) is 3.56. The Morgan fingerprint density at radius 3 is 2.86 bits per heavy atom. The van der Waals surface area contributed by atoms with Crippen LogP contribution in [0.25, 0.3) is 0 Å². The molecule has 1 atom stereocenters. The fourth-order valence-corrected chi connectivity index (χ4v) is 3.56. The van der Waals surface area contributed by atoms with Gasteiger partial charge in [-0.05, 0) is 49.9 Å². The Kier molecular flexibility index (Phi) is 4.62. The highest BCUT2D eigenvalue weighted by Gasteiger charge is 2.40. The van der Waals surface area contributed by atoms with Crippen molar-refractivity contribution in [1.82, 2.24) is 15.5 Å². The van der Waals surface area contributed by atoms with E-state index in [9.17, 15) is 9.18 Å². The molecule has 120 valence electrons. The first-order valence-electron chi connectivity index (χ1n) is 8.15. The topological polar surface area (TPSA) is 44.4 Å². The summed E-state index contributed by atoms with van der Waals surface area (Å²) in [5, 5.41) is 6.44. The molecule has 0 aliphatic carbocycles. The molecular formula is C17H24FN3O. The normalized spacial score (nSPS) is 24.7. The third kappa shape index (κ3) is 3.58. The monoisotopic (exact) mass is 305 g/mol. The van der Waals surface area contributed by atoms with Crippen LogP contribution in [0.1, 0.15) is 24.8 Å². The molecule has 1 unspecified atom stereocenters. The third-order valence-electron chi connectivity index (χ3n) is 4.89. The van der Waals surface area contributed by atoms with Crippen LogP contribution in [-0.2, 0) is 6.42 Å². The highest BCUT2D eigenvalue weighted by molar-refractivity contribution is 5.74. The van der Waals surface area contributed by atoms with Crippen LogP contribution in [0, 0.1) is 11.2 Å². The van der Waals surface area contributed by atoms with E-state index in [1.165, 1.54) is 25.0 Å². The van der Waals surface area contributed by atoms with Crippen molar-refractivity contribution in [2.24, 2.45) is 5.41 Å². The van der Waals surface area contributed by atoms with E-state index in [0.29, 0.717) is 12.0 Å². The molecule has 3 rings (SSSR count). The molecule has 1 spiro atoms. The van der Waals surface area contributed by atoms with E-state index in [2.05, 4.69) is 10.6 Å². The number of nitrogens with one attached hydrogen (secondary N) is 2. The van der Waals surface area contributed by atoms with Gasteiger partial charge in [0.1, 0.15) is 5.82 Å². The summed E-state index contributed by atoms with van der Waals surface area (Å²) in [7, 11) is 0. The average Bonchev–Trinajstić information content (AvgIpc) is 2.93. The number of likely N-dealkylation sites (tertiary alicyclic amines) is 1. The minimum absolute atomic E-state index is 0.0320. The van der Waals surface area contributed by atoms with Crippen molar-refractivity contribution >= 4 is 6.03 Å². The Morgan fingerprint density at radius 1 is 1.32 bits per heavy atom. The Balaban J connectivity index is 1.43. The van der Waals surface area contributed by atoms with Crippen LogP contribution in [0.4, 0.5) is 9.18 Å². The summed E-state index contributed by atoms with van der Waals surface area (Å²) >= 11 is 0. The molecule has 5 heteroatoms. The van der Waals surface area contributed by atoms with E-state index in [1.54, 1.807) is 12.1 Å². The van der Waals surface area contributed by atoms with Crippen LogP contribution < -0.4 is 10.6 Å². The molecule has 2 heterocycles. The number of rotatable bonds is 3. The number of benzene rings is 1. The maximum Gasteiger partial charge on any atom is 0.317 e. The van der Waals surface area contributed by atoms with Crippen molar-refractivity contribution in [3.63, 3.8) is 0 Å². The maximum atomic E-state index is 12.8. The summed E-state index contributed by atoms with van der Waals surface area (Å²) in [5.41, 5.74) is 1.34. The number of nitrogens with zero attached hydrogens (tertiary/aromatic N) is 1. The summed E-state index contributed by atoms with van der Waals surface area (Å²) < 4.78 is 12.8. The second kappa shape index (κ2) is 6.65. The summed E-state index contributed by atoms with van der Waals surface area (Å²) in [6, 6.07) is 6.47. The van der Waals surface area contributed by atoms with Crippen LogP contribution in [0.5, 0.6) is 0 Å². The number of hydrogen-bond donors (Lipinski definition) is 2. The van der Waals surface area contributed by atoms with E-state index in [0.717, 1.165) is 44.6 Å². The fraction of sp³-hybridized carbons (Fsp3) is 0.588. The minimum atomic E-state index is -0.226. The Morgan fingerprint density at radius 2 is 2.14 bits per heavy atom. The Labute approximate surface area is 131 Å². The summed E-state index contributed by atoms with van der Waals surface area (Å²) in [5.74, 6) is -0.226. The Hall–Kier alpha value is -1.62. The third-order valence-corrected chi connectivity index (χ3v) is 4.89. The molecule has 1 aromatic carbocycles.